The molecule has 2 N–H and O–H groups in total. The minimum atomic E-state index is -3.47. The van der Waals surface area contributed by atoms with Gasteiger partial charge in [0.1, 0.15) is 0 Å². The molecule has 0 bridgehead atoms. The topological polar surface area (TPSA) is 92.3 Å². The second kappa shape index (κ2) is 8.54. The molecule has 2 aromatic carbocycles. The Labute approximate surface area is 163 Å². The molecule has 0 fully saturated rings. The molecule has 2 rings (SSSR count). The van der Waals surface area contributed by atoms with Crippen LogP contribution in [0.15, 0.2) is 47.4 Å². The standard InChI is InChI=1S/C19H21ClN2O4S/c1-4-13-5-7-14(8-6-13)12(2)21-18(23)19(24)22-17-11-15(27(3,25)26)9-10-16(17)20/h5-12H,4H2,1-3H3,(H,21,23)(H,22,24)/t12-/m0/s1. The molecule has 8 heteroatoms. The van der Waals surface area contributed by atoms with Crippen molar-refractivity contribution in [1.82, 2.24) is 5.32 Å². The van der Waals surface area contributed by atoms with Crippen molar-refractivity contribution in [2.75, 3.05) is 11.6 Å². The van der Waals surface area contributed by atoms with Crippen molar-refractivity contribution in [2.45, 2.75) is 31.2 Å². The number of hydrogen-bond donors (Lipinski definition) is 2. The molecular weight excluding hydrogens is 388 g/mol. The third-order valence-electron chi connectivity index (χ3n) is 4.06. The van der Waals surface area contributed by atoms with Gasteiger partial charge in [0.25, 0.3) is 0 Å². The van der Waals surface area contributed by atoms with Crippen LogP contribution in [0.2, 0.25) is 5.02 Å². The molecule has 2 amide bonds. The average molecular weight is 409 g/mol. The van der Waals surface area contributed by atoms with Crippen molar-refractivity contribution in [3.63, 3.8) is 0 Å². The van der Waals surface area contributed by atoms with Crippen LogP contribution in [0.5, 0.6) is 0 Å². The Morgan fingerprint density at radius 2 is 1.70 bits per heavy atom. The third-order valence-corrected chi connectivity index (χ3v) is 5.50. The molecule has 1 atom stereocenters. The van der Waals surface area contributed by atoms with Crippen LogP contribution in [0.25, 0.3) is 0 Å². The van der Waals surface area contributed by atoms with E-state index in [0.29, 0.717) is 0 Å². The predicted octanol–water partition coefficient (Wildman–Crippen LogP) is 3.12. The van der Waals surface area contributed by atoms with Crippen LogP contribution < -0.4 is 10.6 Å². The number of hydrogen-bond acceptors (Lipinski definition) is 4. The molecule has 0 aliphatic rings. The number of aryl methyl sites for hydroxylation is 1. The van der Waals surface area contributed by atoms with Gasteiger partial charge in [0.05, 0.1) is 21.6 Å². The molecule has 0 spiro atoms. The van der Waals surface area contributed by atoms with E-state index in [1.54, 1.807) is 6.92 Å². The fourth-order valence-electron chi connectivity index (χ4n) is 2.40. The van der Waals surface area contributed by atoms with Crippen LogP contribution in [-0.4, -0.2) is 26.5 Å². The van der Waals surface area contributed by atoms with Crippen molar-refractivity contribution in [1.29, 1.82) is 0 Å². The third kappa shape index (κ3) is 5.55. The molecule has 0 saturated heterocycles. The lowest BCUT2D eigenvalue weighted by molar-refractivity contribution is -0.136. The Bertz CT molecular complexity index is 956. The molecule has 6 nitrogen and oxygen atoms in total. The minimum absolute atomic E-state index is 0.00742. The lowest BCUT2D eigenvalue weighted by atomic mass is 10.1. The van der Waals surface area contributed by atoms with Gasteiger partial charge in [-0.15, -0.1) is 0 Å². The van der Waals surface area contributed by atoms with Crippen molar-refractivity contribution in [3.8, 4) is 0 Å². The van der Waals surface area contributed by atoms with Crippen molar-refractivity contribution >= 4 is 38.9 Å². The Morgan fingerprint density at radius 3 is 2.26 bits per heavy atom. The number of halogens is 1. The highest BCUT2D eigenvalue weighted by molar-refractivity contribution is 7.90. The van der Waals surface area contributed by atoms with Gasteiger partial charge in [-0.05, 0) is 42.7 Å². The first-order valence-corrected chi connectivity index (χ1v) is 10.6. The van der Waals surface area contributed by atoms with Gasteiger partial charge >= 0.3 is 11.8 Å². The fraction of sp³-hybridized carbons (Fsp3) is 0.263. The Hall–Kier alpha value is -2.38. The number of carbonyl (C=O) groups is 2. The maximum atomic E-state index is 12.2. The second-order valence-electron chi connectivity index (χ2n) is 6.16. The SMILES string of the molecule is CCc1ccc([C@H](C)NC(=O)C(=O)Nc2cc(S(C)(=O)=O)ccc2Cl)cc1. The number of sulfone groups is 1. The molecule has 144 valence electrons. The molecule has 0 radical (unpaired) electrons. The summed E-state index contributed by atoms with van der Waals surface area (Å²) in [6, 6.07) is 11.3. The summed E-state index contributed by atoms with van der Waals surface area (Å²) >= 11 is 5.98. The lowest BCUT2D eigenvalue weighted by Gasteiger charge is -2.15. The Balaban J connectivity index is 2.08. The number of nitrogens with one attached hydrogen (secondary N) is 2. The maximum absolute atomic E-state index is 12.2. The van der Waals surface area contributed by atoms with E-state index < -0.39 is 21.7 Å². The molecule has 0 unspecified atom stereocenters. The highest BCUT2D eigenvalue weighted by atomic mass is 35.5. The lowest BCUT2D eigenvalue weighted by Crippen LogP contribution is -2.37. The largest absolute Gasteiger partial charge is 0.341 e. The van der Waals surface area contributed by atoms with Gasteiger partial charge in [0.2, 0.25) is 0 Å². The Kier molecular flexibility index (Phi) is 6.62. The maximum Gasteiger partial charge on any atom is 0.313 e. The summed E-state index contributed by atoms with van der Waals surface area (Å²) in [7, 11) is -3.47. The molecule has 27 heavy (non-hydrogen) atoms. The normalized spacial score (nSPS) is 12.3. The highest BCUT2D eigenvalue weighted by Crippen LogP contribution is 2.25. The van der Waals surface area contributed by atoms with Crippen LogP contribution in [-0.2, 0) is 25.8 Å². The number of benzene rings is 2. The molecular formula is C19H21ClN2O4S. The van der Waals surface area contributed by atoms with Crippen LogP contribution in [0.3, 0.4) is 0 Å². The van der Waals surface area contributed by atoms with Crippen molar-refractivity contribution in [2.24, 2.45) is 0 Å². The van der Waals surface area contributed by atoms with Crippen LogP contribution in [0.1, 0.15) is 31.0 Å². The number of carbonyl (C=O) groups excluding carboxylic acids is 2. The monoisotopic (exact) mass is 408 g/mol. The zero-order chi connectivity index (χ0) is 20.2. The summed E-state index contributed by atoms with van der Waals surface area (Å²) in [5, 5.41) is 5.09. The average Bonchev–Trinajstić information content (AvgIpc) is 2.62. The first kappa shape index (κ1) is 20.9. The summed E-state index contributed by atoms with van der Waals surface area (Å²) < 4.78 is 23.3. The summed E-state index contributed by atoms with van der Waals surface area (Å²) in [4.78, 5) is 24.3. The van der Waals surface area contributed by atoms with E-state index in [4.69, 9.17) is 11.6 Å². The summed E-state index contributed by atoms with van der Waals surface area (Å²) in [5.41, 5.74) is 2.10. The molecule has 0 aromatic heterocycles. The van der Waals surface area contributed by atoms with Gasteiger partial charge < -0.3 is 10.6 Å². The van der Waals surface area contributed by atoms with Gasteiger partial charge in [0.15, 0.2) is 9.84 Å². The van der Waals surface area contributed by atoms with Gasteiger partial charge in [-0.2, -0.15) is 0 Å². The summed E-state index contributed by atoms with van der Waals surface area (Å²) in [6.07, 6.45) is 1.96. The van der Waals surface area contributed by atoms with E-state index in [1.165, 1.54) is 23.8 Å². The molecule has 0 aliphatic carbocycles. The quantitative estimate of drug-likeness (QED) is 0.743. The summed E-state index contributed by atoms with van der Waals surface area (Å²) in [6.45, 7) is 3.82. The van der Waals surface area contributed by atoms with Crippen LogP contribution in [0.4, 0.5) is 5.69 Å². The zero-order valence-corrected chi connectivity index (χ0v) is 16.8. The minimum Gasteiger partial charge on any atom is -0.341 e. The van der Waals surface area contributed by atoms with E-state index in [-0.39, 0.29) is 21.6 Å². The Morgan fingerprint density at radius 1 is 1.07 bits per heavy atom. The van der Waals surface area contributed by atoms with Gasteiger partial charge in [-0.25, -0.2) is 8.42 Å². The first-order chi connectivity index (χ1) is 12.6. The number of anilines is 1. The van der Waals surface area contributed by atoms with Crippen LogP contribution in [0, 0.1) is 0 Å². The van der Waals surface area contributed by atoms with Gasteiger partial charge in [-0.3, -0.25) is 9.59 Å². The van der Waals surface area contributed by atoms with E-state index in [0.717, 1.165) is 18.2 Å². The zero-order valence-electron chi connectivity index (χ0n) is 15.2. The molecule has 0 saturated carbocycles. The number of amides is 2. The molecule has 2 aromatic rings. The summed E-state index contributed by atoms with van der Waals surface area (Å²) in [5.74, 6) is -1.78. The number of rotatable bonds is 5. The smallest absolute Gasteiger partial charge is 0.313 e. The van der Waals surface area contributed by atoms with E-state index in [1.807, 2.05) is 24.3 Å². The molecule has 0 aliphatic heterocycles. The van der Waals surface area contributed by atoms with E-state index >= 15 is 0 Å². The van der Waals surface area contributed by atoms with Crippen molar-refractivity contribution < 1.29 is 18.0 Å². The first-order valence-electron chi connectivity index (χ1n) is 8.32. The van der Waals surface area contributed by atoms with Gasteiger partial charge in [-0.1, -0.05) is 42.8 Å². The van der Waals surface area contributed by atoms with E-state index in [9.17, 15) is 18.0 Å². The second-order valence-corrected chi connectivity index (χ2v) is 8.58. The fourth-order valence-corrected chi connectivity index (χ4v) is 3.21. The highest BCUT2D eigenvalue weighted by Gasteiger charge is 2.19. The predicted molar refractivity (Wildman–Crippen MR) is 106 cm³/mol. The van der Waals surface area contributed by atoms with E-state index in [2.05, 4.69) is 17.6 Å². The van der Waals surface area contributed by atoms with Crippen LogP contribution >= 0.6 is 11.6 Å². The molecule has 0 heterocycles. The van der Waals surface area contributed by atoms with Gasteiger partial charge in [0, 0.05) is 6.26 Å². The van der Waals surface area contributed by atoms with Crippen molar-refractivity contribution in [3.05, 3.63) is 58.6 Å².